The number of halogens is 1. The zero-order chi connectivity index (χ0) is 7.45. The Hall–Kier alpha value is 1.75. The second-order valence-corrected chi connectivity index (χ2v) is 34.0. The third kappa shape index (κ3) is 3.95. The van der Waals surface area contributed by atoms with Gasteiger partial charge in [-0.15, -0.1) is 0 Å². The maximum atomic E-state index is 6.33. The summed E-state index contributed by atoms with van der Waals surface area (Å²) in [5, 5.41) is 0. The third-order valence-corrected chi connectivity index (χ3v) is 24.4. The van der Waals surface area contributed by atoms with Crippen LogP contribution < -0.4 is 0 Å². The van der Waals surface area contributed by atoms with Gasteiger partial charge in [0.15, 0.2) is 0 Å². The van der Waals surface area contributed by atoms with Gasteiger partial charge in [0.25, 0.3) is 0 Å². The molecule has 1 saturated heterocycles. The summed E-state index contributed by atoms with van der Waals surface area (Å²) in [6, 6.07) is 0. The summed E-state index contributed by atoms with van der Waals surface area (Å²) in [7, 11) is 10.3. The molecule has 1 fully saturated rings. The van der Waals surface area contributed by atoms with E-state index in [0.717, 1.165) is 24.7 Å². The van der Waals surface area contributed by atoms with Crippen LogP contribution >= 0.6 is 26.8 Å². The van der Waals surface area contributed by atoms with Crippen LogP contribution in [-0.2, 0) is 4.74 Å². The van der Waals surface area contributed by atoms with E-state index in [0.29, 0.717) is 0 Å². The van der Waals surface area contributed by atoms with Crippen LogP contribution in [0.1, 0.15) is 0 Å². The number of hydrogen-bond donors (Lipinski definition) is 0. The van der Waals surface area contributed by atoms with Gasteiger partial charge in [-0.05, 0) is 0 Å². The van der Waals surface area contributed by atoms with E-state index in [-0.39, 0.29) is 0 Å². The van der Waals surface area contributed by atoms with Gasteiger partial charge in [0.2, 0.25) is 0 Å². The molecule has 1 aliphatic rings. The summed E-state index contributed by atoms with van der Waals surface area (Å²) < 4.78 is 5.30. The van der Waals surface area contributed by atoms with Crippen LogP contribution in [0.4, 0.5) is 0 Å². The second kappa shape index (κ2) is 4.70. The predicted molar refractivity (Wildman–Crippen MR) is 53.2 cm³/mol. The third-order valence-electron chi connectivity index (χ3n) is 1.18. The molecule has 0 atom stereocenters. The van der Waals surface area contributed by atoms with Crippen LogP contribution in [0.5, 0.6) is 0 Å². The van der Waals surface area contributed by atoms with Crippen LogP contribution in [0, 0.1) is 0 Å². The van der Waals surface area contributed by atoms with E-state index in [4.69, 9.17) is 13.7 Å². The molecule has 0 spiro atoms. The van der Waals surface area contributed by atoms with Crippen LogP contribution in [0.25, 0.3) is 0 Å². The van der Waals surface area contributed by atoms with E-state index in [1.165, 1.54) is 0 Å². The number of ether oxygens (including phenoxy) is 1. The predicted octanol–water partition coefficient (Wildman–Crippen LogP) is 2.29. The van der Waals surface area contributed by atoms with Crippen molar-refractivity contribution in [2.24, 2.45) is 0 Å². The minimum absolute atomic E-state index is 0.893. The summed E-state index contributed by atoms with van der Waals surface area (Å²) in [4.78, 5) is 2.26. The molecular weight excluding hydrogens is 294 g/mol. The molecule has 1 heterocycles. The fourth-order valence-electron chi connectivity index (χ4n) is 0.710. The van der Waals surface area contributed by atoms with Gasteiger partial charge in [-0.3, -0.25) is 0 Å². The maximum absolute atomic E-state index is 6.33. The van der Waals surface area contributed by atoms with Crippen LogP contribution in [0.2, 0.25) is 4.94 Å². The Balaban J connectivity index is 2.30. The van der Waals surface area contributed by atoms with E-state index in [9.17, 15) is 0 Å². The number of rotatable bonds is 0. The van der Waals surface area contributed by atoms with Crippen molar-refractivity contribution in [3.63, 3.8) is 0 Å². The Bertz CT molecular complexity index is 102. The molecule has 0 aromatic rings. The summed E-state index contributed by atoms with van der Waals surface area (Å²) in [5.74, 6) is 2.20. The van der Waals surface area contributed by atoms with Gasteiger partial charge in [0, 0.05) is 0 Å². The first-order valence-corrected chi connectivity index (χ1v) is 18.7. The molecule has 0 N–H and O–H groups in total. The number of hydrogen-bond acceptors (Lipinski definition) is 3. The summed E-state index contributed by atoms with van der Waals surface area (Å²) in [6.07, 6.45) is 0. The topological polar surface area (TPSA) is 9.23 Å². The normalized spacial score (nSPS) is 27.0. The molecule has 0 radical (unpaired) electrons. The van der Waals surface area contributed by atoms with E-state index >= 15 is 0 Å². The van der Waals surface area contributed by atoms with E-state index < -0.39 is 14.5 Å². The van der Waals surface area contributed by atoms with Crippen LogP contribution in [0.15, 0.2) is 0 Å². The quantitative estimate of drug-likeness (QED) is 0.636. The molecule has 0 unspecified atom stereocenters. The molecule has 1 nitrogen and oxygen atoms in total. The molecule has 0 aromatic heterocycles. The molecule has 0 aliphatic carbocycles. The summed E-state index contributed by atoms with van der Waals surface area (Å²) in [6.45, 7) is 1.79. The Morgan fingerprint density at radius 1 is 1.30 bits per heavy atom. The Morgan fingerprint density at radius 2 is 1.80 bits per heavy atom. The SMILES string of the molecule is [CH3][Sn]1([Cl])[S]CCOCC[S]1. The Kier molecular flexibility index (Phi) is 4.62. The molecule has 60 valence electrons. The Labute approximate surface area is 75.1 Å². The molecule has 5 heteroatoms. The van der Waals surface area contributed by atoms with Crippen LogP contribution in [0.3, 0.4) is 0 Å². The van der Waals surface area contributed by atoms with Gasteiger partial charge >= 0.3 is 75.7 Å². The van der Waals surface area contributed by atoms with Crippen molar-refractivity contribution < 1.29 is 4.74 Å². The first-order valence-electron chi connectivity index (χ1n) is 3.25. The molecule has 1 aliphatic heterocycles. The van der Waals surface area contributed by atoms with E-state index in [2.05, 4.69) is 4.94 Å². The van der Waals surface area contributed by atoms with Gasteiger partial charge in [-0.2, -0.15) is 0 Å². The van der Waals surface area contributed by atoms with E-state index in [1.54, 1.807) is 0 Å². The fraction of sp³-hybridized carbons (Fsp3) is 1.00. The molecule has 1 rings (SSSR count). The monoisotopic (exact) mass is 306 g/mol. The van der Waals surface area contributed by atoms with Gasteiger partial charge in [-0.25, -0.2) is 0 Å². The van der Waals surface area contributed by atoms with Crippen molar-refractivity contribution in [1.82, 2.24) is 0 Å². The van der Waals surface area contributed by atoms with Crippen molar-refractivity contribution in [2.45, 2.75) is 4.94 Å². The molecule has 10 heavy (non-hydrogen) atoms. The minimum atomic E-state index is -2.13. The van der Waals surface area contributed by atoms with Crippen molar-refractivity contribution in [3.8, 4) is 0 Å². The first kappa shape index (κ1) is 9.83. The summed E-state index contributed by atoms with van der Waals surface area (Å²) in [5.41, 5.74) is 0. The molecule has 0 aromatic carbocycles. The zero-order valence-electron chi connectivity index (χ0n) is 5.93. The van der Waals surface area contributed by atoms with Gasteiger partial charge in [0.05, 0.1) is 0 Å². The van der Waals surface area contributed by atoms with Gasteiger partial charge in [-0.1, -0.05) is 0 Å². The van der Waals surface area contributed by atoms with Crippen molar-refractivity contribution in [3.05, 3.63) is 0 Å². The van der Waals surface area contributed by atoms with Crippen molar-refractivity contribution in [1.29, 1.82) is 0 Å². The average molecular weight is 305 g/mol. The first-order chi connectivity index (χ1) is 4.71. The molecule has 0 amide bonds. The van der Waals surface area contributed by atoms with Crippen molar-refractivity contribution >= 4 is 41.3 Å². The Morgan fingerprint density at radius 3 is 2.30 bits per heavy atom. The van der Waals surface area contributed by atoms with Crippen molar-refractivity contribution in [2.75, 3.05) is 24.7 Å². The fourth-order valence-corrected chi connectivity index (χ4v) is 18.4. The molecule has 0 bridgehead atoms. The van der Waals surface area contributed by atoms with Gasteiger partial charge < -0.3 is 0 Å². The second-order valence-electron chi connectivity index (χ2n) is 2.14. The molecule has 0 saturated carbocycles. The van der Waals surface area contributed by atoms with E-state index in [1.807, 2.05) is 17.9 Å². The summed E-state index contributed by atoms with van der Waals surface area (Å²) >= 11 is -2.13. The van der Waals surface area contributed by atoms with Crippen LogP contribution in [-0.4, -0.2) is 39.2 Å². The average Bonchev–Trinajstić information content (AvgIpc) is 1.81. The van der Waals surface area contributed by atoms with Gasteiger partial charge in [0.1, 0.15) is 0 Å². The molecular formula is C5H11ClOS2Sn. The zero-order valence-corrected chi connectivity index (χ0v) is 11.2. The standard InChI is InChI=1S/C4H10OS2.CH3.ClH.Sn/c6-3-1-5-2-4-7;;;/h6-7H,1-4H2;1H3;1H;/q;;;+3/p-3.